The molecule has 0 radical (unpaired) electrons. The van der Waals surface area contributed by atoms with Crippen molar-refractivity contribution in [2.75, 3.05) is 6.54 Å². The molecule has 0 aliphatic carbocycles. The lowest BCUT2D eigenvalue weighted by molar-refractivity contribution is 0.410. The van der Waals surface area contributed by atoms with Gasteiger partial charge in [0, 0.05) is 12.7 Å². The van der Waals surface area contributed by atoms with Crippen LogP contribution in [0.4, 0.5) is 0 Å². The Labute approximate surface area is 108 Å². The number of hydrogen-bond donors (Lipinski definition) is 1. The van der Waals surface area contributed by atoms with Crippen molar-refractivity contribution in [2.24, 2.45) is 0 Å². The quantitative estimate of drug-likeness (QED) is 0.832. The van der Waals surface area contributed by atoms with Crippen LogP contribution in [-0.4, -0.2) is 21.5 Å². The van der Waals surface area contributed by atoms with Crippen molar-refractivity contribution in [3.63, 3.8) is 0 Å². The second kappa shape index (κ2) is 5.97. The van der Waals surface area contributed by atoms with Gasteiger partial charge in [0.15, 0.2) is 4.67 Å². The minimum atomic E-state index is 0.219. The molecule has 0 saturated heterocycles. The van der Waals surface area contributed by atoms with Crippen LogP contribution in [0.5, 0.6) is 0 Å². The van der Waals surface area contributed by atoms with Gasteiger partial charge in [-0.05, 0) is 48.0 Å². The smallest absolute Gasteiger partial charge is 0.169 e. The molecule has 0 aliphatic rings. The van der Waals surface area contributed by atoms with Crippen LogP contribution in [-0.2, 0) is 6.54 Å². The fourth-order valence-electron chi connectivity index (χ4n) is 1.57. The van der Waals surface area contributed by atoms with Crippen molar-refractivity contribution in [3.8, 4) is 0 Å². The first-order valence-corrected chi connectivity index (χ1v) is 6.38. The Hall–Kier alpha value is -1.14. The van der Waals surface area contributed by atoms with Gasteiger partial charge in [-0.15, -0.1) is 5.10 Å². The van der Waals surface area contributed by atoms with Gasteiger partial charge >= 0.3 is 0 Å². The molecule has 0 spiro atoms. The zero-order valence-electron chi connectivity index (χ0n) is 9.64. The standard InChI is InChI=1S/C11H15BrN4O/c1-9(10-3-4-11(12)17-10)13-5-2-7-16-8-6-14-15-16/h3-4,6,8-9,13H,2,5,7H2,1H3. The number of rotatable bonds is 6. The highest BCUT2D eigenvalue weighted by atomic mass is 79.9. The Morgan fingerprint density at radius 2 is 2.41 bits per heavy atom. The van der Waals surface area contributed by atoms with Gasteiger partial charge in [-0.1, -0.05) is 5.21 Å². The summed E-state index contributed by atoms with van der Waals surface area (Å²) in [6, 6.07) is 4.10. The molecule has 0 saturated carbocycles. The van der Waals surface area contributed by atoms with E-state index in [0.717, 1.165) is 29.9 Å². The molecule has 92 valence electrons. The van der Waals surface area contributed by atoms with Crippen LogP contribution < -0.4 is 5.32 Å². The summed E-state index contributed by atoms with van der Waals surface area (Å²) < 4.78 is 8.07. The van der Waals surface area contributed by atoms with Crippen LogP contribution in [0, 0.1) is 0 Å². The first-order valence-electron chi connectivity index (χ1n) is 5.58. The minimum Gasteiger partial charge on any atom is -0.453 e. The SMILES string of the molecule is CC(NCCCn1ccnn1)c1ccc(Br)o1. The topological polar surface area (TPSA) is 55.9 Å². The summed E-state index contributed by atoms with van der Waals surface area (Å²) in [5.74, 6) is 0.942. The summed E-state index contributed by atoms with van der Waals surface area (Å²) in [5, 5.41) is 11.1. The highest BCUT2D eigenvalue weighted by Gasteiger charge is 2.08. The van der Waals surface area contributed by atoms with E-state index in [4.69, 9.17) is 4.42 Å². The van der Waals surface area contributed by atoms with Crippen LogP contribution in [0.2, 0.25) is 0 Å². The predicted octanol–water partition coefficient (Wildman–Crippen LogP) is 2.37. The third-order valence-electron chi connectivity index (χ3n) is 2.51. The molecule has 0 bridgehead atoms. The van der Waals surface area contributed by atoms with E-state index in [-0.39, 0.29) is 6.04 Å². The molecular weight excluding hydrogens is 284 g/mol. The fraction of sp³-hybridized carbons (Fsp3) is 0.455. The number of aromatic nitrogens is 3. The van der Waals surface area contributed by atoms with Gasteiger partial charge in [0.1, 0.15) is 5.76 Å². The van der Waals surface area contributed by atoms with Crippen LogP contribution >= 0.6 is 15.9 Å². The first-order chi connectivity index (χ1) is 8.25. The molecule has 2 rings (SSSR count). The molecule has 2 aromatic rings. The monoisotopic (exact) mass is 298 g/mol. The lowest BCUT2D eigenvalue weighted by atomic mass is 10.2. The van der Waals surface area contributed by atoms with E-state index in [9.17, 15) is 0 Å². The molecule has 6 heteroatoms. The van der Waals surface area contributed by atoms with Crippen molar-refractivity contribution < 1.29 is 4.42 Å². The van der Waals surface area contributed by atoms with Crippen LogP contribution in [0.1, 0.15) is 25.1 Å². The summed E-state index contributed by atoms with van der Waals surface area (Å²) in [5.41, 5.74) is 0. The highest BCUT2D eigenvalue weighted by molar-refractivity contribution is 9.10. The van der Waals surface area contributed by atoms with E-state index in [2.05, 4.69) is 38.5 Å². The van der Waals surface area contributed by atoms with Gasteiger partial charge in [-0.25, -0.2) is 0 Å². The van der Waals surface area contributed by atoms with Crippen LogP contribution in [0.15, 0.2) is 33.6 Å². The Morgan fingerprint density at radius 1 is 1.53 bits per heavy atom. The molecule has 0 fully saturated rings. The first kappa shape index (κ1) is 12.3. The van der Waals surface area contributed by atoms with E-state index >= 15 is 0 Å². The molecular formula is C11H15BrN4O. The van der Waals surface area contributed by atoms with Crippen molar-refractivity contribution >= 4 is 15.9 Å². The molecule has 0 amide bonds. The van der Waals surface area contributed by atoms with Gasteiger partial charge in [0.2, 0.25) is 0 Å². The lowest BCUT2D eigenvalue weighted by Crippen LogP contribution is -2.20. The van der Waals surface area contributed by atoms with Crippen molar-refractivity contribution in [2.45, 2.75) is 25.9 Å². The third kappa shape index (κ3) is 3.67. The lowest BCUT2D eigenvalue weighted by Gasteiger charge is -2.10. The molecule has 1 atom stereocenters. The van der Waals surface area contributed by atoms with Gasteiger partial charge in [-0.3, -0.25) is 4.68 Å². The third-order valence-corrected chi connectivity index (χ3v) is 2.93. The Bertz CT molecular complexity index is 440. The van der Waals surface area contributed by atoms with Gasteiger partial charge in [0.25, 0.3) is 0 Å². The van der Waals surface area contributed by atoms with Gasteiger partial charge in [0.05, 0.1) is 12.2 Å². The number of aryl methyl sites for hydroxylation is 1. The summed E-state index contributed by atoms with van der Waals surface area (Å²) in [7, 11) is 0. The Balaban J connectivity index is 1.68. The molecule has 17 heavy (non-hydrogen) atoms. The largest absolute Gasteiger partial charge is 0.453 e. The highest BCUT2D eigenvalue weighted by Crippen LogP contribution is 2.19. The number of furan rings is 1. The molecule has 0 aromatic carbocycles. The Kier molecular flexibility index (Phi) is 4.33. The maximum absolute atomic E-state index is 5.47. The second-order valence-electron chi connectivity index (χ2n) is 3.84. The second-order valence-corrected chi connectivity index (χ2v) is 4.62. The van der Waals surface area contributed by atoms with Crippen molar-refractivity contribution in [1.82, 2.24) is 20.3 Å². The van der Waals surface area contributed by atoms with E-state index < -0.39 is 0 Å². The van der Waals surface area contributed by atoms with Crippen LogP contribution in [0.25, 0.3) is 0 Å². The molecule has 5 nitrogen and oxygen atoms in total. The number of hydrogen-bond acceptors (Lipinski definition) is 4. The van der Waals surface area contributed by atoms with E-state index in [0.29, 0.717) is 0 Å². The van der Waals surface area contributed by atoms with Crippen molar-refractivity contribution in [3.05, 3.63) is 35.0 Å². The number of nitrogens with one attached hydrogen (secondary N) is 1. The summed E-state index contributed by atoms with van der Waals surface area (Å²) in [6.07, 6.45) is 4.57. The summed E-state index contributed by atoms with van der Waals surface area (Å²) >= 11 is 3.30. The average Bonchev–Trinajstić information content (AvgIpc) is 2.95. The summed E-state index contributed by atoms with van der Waals surface area (Å²) in [4.78, 5) is 0. The minimum absolute atomic E-state index is 0.219. The van der Waals surface area contributed by atoms with Crippen molar-refractivity contribution in [1.29, 1.82) is 0 Å². The van der Waals surface area contributed by atoms with Crippen LogP contribution in [0.3, 0.4) is 0 Å². The normalized spacial score (nSPS) is 12.8. The maximum atomic E-state index is 5.47. The fourth-order valence-corrected chi connectivity index (χ4v) is 1.89. The van der Waals surface area contributed by atoms with E-state index in [1.165, 1.54) is 0 Å². The molecule has 2 aromatic heterocycles. The summed E-state index contributed by atoms with van der Waals surface area (Å²) in [6.45, 7) is 3.88. The molecule has 1 unspecified atom stereocenters. The average molecular weight is 299 g/mol. The number of nitrogens with zero attached hydrogens (tertiary/aromatic N) is 3. The molecule has 1 N–H and O–H groups in total. The van der Waals surface area contributed by atoms with Gasteiger partial charge < -0.3 is 9.73 Å². The Morgan fingerprint density at radius 3 is 3.06 bits per heavy atom. The van der Waals surface area contributed by atoms with E-state index in [1.807, 2.05) is 23.0 Å². The van der Waals surface area contributed by atoms with E-state index in [1.54, 1.807) is 6.20 Å². The maximum Gasteiger partial charge on any atom is 0.169 e. The van der Waals surface area contributed by atoms with Gasteiger partial charge in [-0.2, -0.15) is 0 Å². The zero-order chi connectivity index (χ0) is 12.1. The predicted molar refractivity (Wildman–Crippen MR) is 67.5 cm³/mol. The molecule has 2 heterocycles. The number of halogens is 1. The zero-order valence-corrected chi connectivity index (χ0v) is 11.2. The molecule has 0 aliphatic heterocycles.